The van der Waals surface area contributed by atoms with Gasteiger partial charge in [0, 0.05) is 57.9 Å². The zero-order valence-electron chi connectivity index (χ0n) is 17.6. The van der Waals surface area contributed by atoms with E-state index in [1.54, 1.807) is 13.1 Å². The summed E-state index contributed by atoms with van der Waals surface area (Å²) in [6.45, 7) is 6.91. The van der Waals surface area contributed by atoms with Gasteiger partial charge in [0.2, 0.25) is 5.91 Å². The summed E-state index contributed by atoms with van der Waals surface area (Å²) in [4.78, 5) is 20.1. The number of aliphatic imine (C=N–C) groups is 1. The van der Waals surface area contributed by atoms with Gasteiger partial charge in [-0.05, 0) is 31.5 Å². The Hall–Kier alpha value is -1.72. The Morgan fingerprint density at radius 2 is 1.90 bits per heavy atom. The Kier molecular flexibility index (Phi) is 10.7. The second-order valence-electron chi connectivity index (χ2n) is 7.12. The molecule has 30 heavy (non-hydrogen) atoms. The molecule has 6 nitrogen and oxygen atoms in total. The molecule has 0 bridgehead atoms. The zero-order valence-corrected chi connectivity index (χ0v) is 20.0. The molecule has 10 heteroatoms. The van der Waals surface area contributed by atoms with Gasteiger partial charge in [0.25, 0.3) is 0 Å². The molecular weight excluding hydrogens is 510 g/mol. The predicted octanol–water partition coefficient (Wildman–Crippen LogP) is 3.33. The number of hydrogen-bond acceptors (Lipinski definition) is 3. The molecule has 0 saturated carbocycles. The van der Waals surface area contributed by atoms with Crippen LogP contribution in [0.25, 0.3) is 0 Å². The van der Waals surface area contributed by atoms with Crippen molar-refractivity contribution in [1.82, 2.24) is 15.5 Å². The van der Waals surface area contributed by atoms with Crippen LogP contribution < -0.4 is 15.5 Å². The van der Waals surface area contributed by atoms with E-state index in [0.717, 1.165) is 12.5 Å². The standard InChI is InChI=1S/C20H30F3N5O.HI/c1-4-15(2)26-18(29)8-9-25-19(24-3)28-12-10-27(11-13-28)17-7-5-6-16(14-17)20(21,22)23;/h5-7,14-15H,4,8-13H2,1-3H3,(H,24,25)(H,26,29);1H. The molecule has 170 valence electrons. The number of amides is 1. The fourth-order valence-electron chi connectivity index (χ4n) is 3.12. The van der Waals surface area contributed by atoms with Crippen LogP contribution in [0.4, 0.5) is 18.9 Å². The molecule has 1 amide bonds. The highest BCUT2D eigenvalue weighted by Gasteiger charge is 2.31. The van der Waals surface area contributed by atoms with Gasteiger partial charge in [-0.15, -0.1) is 24.0 Å². The van der Waals surface area contributed by atoms with Crippen LogP contribution in [0.2, 0.25) is 0 Å². The summed E-state index contributed by atoms with van der Waals surface area (Å²) < 4.78 is 38.8. The summed E-state index contributed by atoms with van der Waals surface area (Å²) in [6, 6.07) is 5.58. The fraction of sp³-hybridized carbons (Fsp3) is 0.600. The number of benzene rings is 1. The Morgan fingerprint density at radius 1 is 1.23 bits per heavy atom. The molecule has 1 aromatic rings. The molecule has 1 aromatic carbocycles. The minimum atomic E-state index is -4.34. The van der Waals surface area contributed by atoms with Gasteiger partial charge < -0.3 is 20.4 Å². The molecule has 1 atom stereocenters. The molecule has 2 rings (SSSR count). The highest BCUT2D eigenvalue weighted by molar-refractivity contribution is 14.0. The van der Waals surface area contributed by atoms with E-state index in [0.29, 0.717) is 50.8 Å². The summed E-state index contributed by atoms with van der Waals surface area (Å²) in [7, 11) is 1.68. The van der Waals surface area contributed by atoms with Crippen molar-refractivity contribution in [2.45, 2.75) is 38.9 Å². The number of alkyl halides is 3. The molecule has 2 N–H and O–H groups in total. The molecule has 1 fully saturated rings. The lowest BCUT2D eigenvalue weighted by atomic mass is 10.1. The third kappa shape index (κ3) is 7.84. The number of nitrogens with zero attached hydrogens (tertiary/aromatic N) is 3. The summed E-state index contributed by atoms with van der Waals surface area (Å²) in [5.74, 6) is 0.696. The number of anilines is 1. The monoisotopic (exact) mass is 541 g/mol. The minimum absolute atomic E-state index is 0. The average Bonchev–Trinajstić information content (AvgIpc) is 2.71. The van der Waals surface area contributed by atoms with Gasteiger partial charge in [0.1, 0.15) is 0 Å². The molecule has 1 heterocycles. The van der Waals surface area contributed by atoms with Crippen molar-refractivity contribution in [2.75, 3.05) is 44.7 Å². The molecule has 1 saturated heterocycles. The maximum absolute atomic E-state index is 12.9. The Bertz CT molecular complexity index is 706. The van der Waals surface area contributed by atoms with Crippen LogP contribution in [0.15, 0.2) is 29.3 Å². The van der Waals surface area contributed by atoms with E-state index >= 15 is 0 Å². The number of hydrogen-bond donors (Lipinski definition) is 2. The second-order valence-corrected chi connectivity index (χ2v) is 7.12. The van der Waals surface area contributed by atoms with Crippen molar-refractivity contribution in [3.05, 3.63) is 29.8 Å². The van der Waals surface area contributed by atoms with Crippen LogP contribution >= 0.6 is 24.0 Å². The van der Waals surface area contributed by atoms with Crippen LogP contribution in [0.1, 0.15) is 32.3 Å². The smallest absolute Gasteiger partial charge is 0.368 e. The van der Waals surface area contributed by atoms with Gasteiger partial charge in [0.15, 0.2) is 5.96 Å². The molecule has 0 radical (unpaired) electrons. The Morgan fingerprint density at radius 3 is 2.47 bits per heavy atom. The lowest BCUT2D eigenvalue weighted by molar-refractivity contribution is -0.137. The summed E-state index contributed by atoms with van der Waals surface area (Å²) in [6.07, 6.45) is -3.10. The number of halogens is 4. The van der Waals surface area contributed by atoms with Crippen molar-refractivity contribution in [3.63, 3.8) is 0 Å². The van der Waals surface area contributed by atoms with Crippen molar-refractivity contribution in [2.24, 2.45) is 4.99 Å². The SMILES string of the molecule is CCC(C)NC(=O)CCNC(=NC)N1CCN(c2cccc(C(F)(F)F)c2)CC1.I. The third-order valence-corrected chi connectivity index (χ3v) is 4.98. The number of guanidine groups is 1. The van der Waals surface area contributed by atoms with E-state index in [-0.39, 0.29) is 35.9 Å². The van der Waals surface area contributed by atoms with Crippen LogP contribution in [0.5, 0.6) is 0 Å². The maximum Gasteiger partial charge on any atom is 0.416 e. The lowest BCUT2D eigenvalue weighted by Gasteiger charge is -2.37. The first-order chi connectivity index (χ1) is 13.7. The predicted molar refractivity (Wildman–Crippen MR) is 125 cm³/mol. The summed E-state index contributed by atoms with van der Waals surface area (Å²) >= 11 is 0. The maximum atomic E-state index is 12.9. The Labute approximate surface area is 193 Å². The number of nitrogens with one attached hydrogen (secondary N) is 2. The molecule has 1 unspecified atom stereocenters. The highest BCUT2D eigenvalue weighted by atomic mass is 127. The molecule has 0 aliphatic carbocycles. The molecule has 0 aromatic heterocycles. The normalized spacial score (nSPS) is 16.0. The van der Waals surface area contributed by atoms with E-state index in [1.807, 2.05) is 18.7 Å². The number of carbonyl (C=O) groups excluding carboxylic acids is 1. The van der Waals surface area contributed by atoms with E-state index < -0.39 is 11.7 Å². The molecule has 1 aliphatic heterocycles. The van der Waals surface area contributed by atoms with Crippen LogP contribution in [-0.4, -0.2) is 62.6 Å². The third-order valence-electron chi connectivity index (χ3n) is 4.98. The molecule has 1 aliphatic rings. The molecule has 0 spiro atoms. The highest BCUT2D eigenvalue weighted by Crippen LogP contribution is 2.31. The molecular formula is C20H31F3IN5O. The minimum Gasteiger partial charge on any atom is -0.368 e. The van der Waals surface area contributed by atoms with Crippen LogP contribution in [0, 0.1) is 0 Å². The van der Waals surface area contributed by atoms with Crippen molar-refractivity contribution >= 4 is 41.5 Å². The zero-order chi connectivity index (χ0) is 21.4. The largest absolute Gasteiger partial charge is 0.416 e. The first kappa shape index (κ1) is 26.3. The van der Waals surface area contributed by atoms with Gasteiger partial charge >= 0.3 is 6.18 Å². The average molecular weight is 541 g/mol. The van der Waals surface area contributed by atoms with Crippen LogP contribution in [0.3, 0.4) is 0 Å². The summed E-state index contributed by atoms with van der Waals surface area (Å²) in [5, 5.41) is 6.11. The van der Waals surface area contributed by atoms with Crippen LogP contribution in [-0.2, 0) is 11.0 Å². The van der Waals surface area contributed by atoms with Gasteiger partial charge in [-0.25, -0.2) is 0 Å². The van der Waals surface area contributed by atoms with Crippen molar-refractivity contribution in [3.8, 4) is 0 Å². The number of rotatable bonds is 6. The van der Waals surface area contributed by atoms with E-state index in [2.05, 4.69) is 20.5 Å². The van der Waals surface area contributed by atoms with Gasteiger partial charge in [-0.3, -0.25) is 9.79 Å². The lowest BCUT2D eigenvalue weighted by Crippen LogP contribution is -2.53. The van der Waals surface area contributed by atoms with E-state index in [9.17, 15) is 18.0 Å². The quantitative estimate of drug-likeness (QED) is 0.330. The van der Waals surface area contributed by atoms with Gasteiger partial charge in [-0.1, -0.05) is 13.0 Å². The number of piperazine rings is 1. The number of carbonyl (C=O) groups is 1. The fourth-order valence-corrected chi connectivity index (χ4v) is 3.12. The van der Waals surface area contributed by atoms with Gasteiger partial charge in [0.05, 0.1) is 5.56 Å². The van der Waals surface area contributed by atoms with E-state index in [4.69, 9.17) is 0 Å². The summed E-state index contributed by atoms with van der Waals surface area (Å²) in [5.41, 5.74) is -0.0605. The van der Waals surface area contributed by atoms with Crippen molar-refractivity contribution in [1.29, 1.82) is 0 Å². The van der Waals surface area contributed by atoms with Crippen molar-refractivity contribution < 1.29 is 18.0 Å². The Balaban J connectivity index is 0.00000450. The topological polar surface area (TPSA) is 60.0 Å². The second kappa shape index (κ2) is 12.2. The first-order valence-electron chi connectivity index (χ1n) is 9.91. The van der Waals surface area contributed by atoms with E-state index in [1.165, 1.54) is 12.1 Å². The van der Waals surface area contributed by atoms with Gasteiger partial charge in [-0.2, -0.15) is 13.2 Å². The first-order valence-corrected chi connectivity index (χ1v) is 9.91.